The summed E-state index contributed by atoms with van der Waals surface area (Å²) in [5.74, 6) is 0.682. The fraction of sp³-hybridized carbons (Fsp3) is 0.542. The van der Waals surface area contributed by atoms with Crippen molar-refractivity contribution in [1.29, 1.82) is 0 Å². The highest BCUT2D eigenvalue weighted by Crippen LogP contribution is 2.48. The second-order valence-corrected chi connectivity index (χ2v) is 9.14. The summed E-state index contributed by atoms with van der Waals surface area (Å²) in [6, 6.07) is 8.58. The van der Waals surface area contributed by atoms with Gasteiger partial charge < -0.3 is 19.4 Å². The number of aliphatic hydroxyl groups is 2. The van der Waals surface area contributed by atoms with Gasteiger partial charge in [-0.05, 0) is 75.1 Å². The van der Waals surface area contributed by atoms with E-state index in [0.717, 1.165) is 18.2 Å². The first-order valence-electron chi connectivity index (χ1n) is 10.3. The van der Waals surface area contributed by atoms with E-state index in [2.05, 4.69) is 20.8 Å². The maximum atomic E-state index is 11.4. The zero-order chi connectivity index (χ0) is 21.2. The van der Waals surface area contributed by atoms with Crippen LogP contribution in [0.25, 0.3) is 11.0 Å². The van der Waals surface area contributed by atoms with Crippen molar-refractivity contribution >= 4 is 11.0 Å². The smallest absolute Gasteiger partial charge is 0.336 e. The molecule has 1 aliphatic rings. The summed E-state index contributed by atoms with van der Waals surface area (Å²) in [7, 11) is 0. The summed E-state index contributed by atoms with van der Waals surface area (Å²) < 4.78 is 11.0. The van der Waals surface area contributed by atoms with Gasteiger partial charge in [0.15, 0.2) is 0 Å². The van der Waals surface area contributed by atoms with Crippen LogP contribution >= 0.6 is 0 Å². The molecular formula is C24H32O5. The SMILES string of the molecule is CC(=CCOc1ccc2ccc(=O)oc2c1)CC[C@H]1C(C)(C)[C@H](O)CC[C@@]1(C)O. The predicted octanol–water partition coefficient (Wildman–Crippen LogP) is 4.45. The van der Waals surface area contributed by atoms with Gasteiger partial charge in [0.05, 0.1) is 11.7 Å². The number of allylic oxidation sites excluding steroid dienone is 1. The van der Waals surface area contributed by atoms with Crippen molar-refractivity contribution in [1.82, 2.24) is 0 Å². The quantitative estimate of drug-likeness (QED) is 0.553. The highest BCUT2D eigenvalue weighted by molar-refractivity contribution is 5.77. The van der Waals surface area contributed by atoms with Crippen LogP contribution in [0.5, 0.6) is 5.75 Å². The van der Waals surface area contributed by atoms with Crippen molar-refractivity contribution in [2.45, 2.75) is 65.1 Å². The van der Waals surface area contributed by atoms with Crippen molar-refractivity contribution in [3.8, 4) is 5.75 Å². The predicted molar refractivity (Wildman–Crippen MR) is 114 cm³/mol. The first-order chi connectivity index (χ1) is 13.6. The monoisotopic (exact) mass is 400 g/mol. The second-order valence-electron chi connectivity index (χ2n) is 9.14. The first kappa shape index (κ1) is 21.6. The zero-order valence-electron chi connectivity index (χ0n) is 17.8. The molecule has 1 aromatic heterocycles. The molecule has 0 spiro atoms. The lowest BCUT2D eigenvalue weighted by atomic mass is 9.59. The standard InChI is InChI=1S/C24H32O5/c1-16(5-9-20-23(2,3)21(25)11-13-24(20,4)27)12-14-28-18-8-6-17-7-10-22(26)29-19(17)15-18/h6-8,10,12,15,20-21,25,27H,5,9,11,13-14H2,1-4H3/t20-,21+,24+/m0/s1. The van der Waals surface area contributed by atoms with Gasteiger partial charge in [0.25, 0.3) is 0 Å². The Balaban J connectivity index is 1.58. The van der Waals surface area contributed by atoms with Crippen LogP contribution in [-0.4, -0.2) is 28.5 Å². The third-order valence-electron chi connectivity index (χ3n) is 6.54. The number of hydrogen-bond donors (Lipinski definition) is 2. The molecule has 158 valence electrons. The number of hydrogen-bond acceptors (Lipinski definition) is 5. The fourth-order valence-corrected chi connectivity index (χ4v) is 4.58. The lowest BCUT2D eigenvalue weighted by molar-refractivity contribution is -0.145. The molecule has 2 aromatic rings. The van der Waals surface area contributed by atoms with E-state index in [1.807, 2.05) is 25.1 Å². The van der Waals surface area contributed by atoms with Gasteiger partial charge in [-0.1, -0.05) is 19.4 Å². The molecule has 1 saturated carbocycles. The lowest BCUT2D eigenvalue weighted by Gasteiger charge is -2.51. The topological polar surface area (TPSA) is 79.9 Å². The molecule has 0 radical (unpaired) electrons. The Hall–Kier alpha value is -2.11. The van der Waals surface area contributed by atoms with Crippen molar-refractivity contribution < 1.29 is 19.4 Å². The molecule has 29 heavy (non-hydrogen) atoms. The van der Waals surface area contributed by atoms with Gasteiger partial charge in [-0.2, -0.15) is 0 Å². The van der Waals surface area contributed by atoms with Gasteiger partial charge in [0.2, 0.25) is 0 Å². The highest BCUT2D eigenvalue weighted by Gasteiger charge is 2.49. The molecule has 0 amide bonds. The van der Waals surface area contributed by atoms with Gasteiger partial charge in [-0.15, -0.1) is 0 Å². The van der Waals surface area contributed by atoms with Crippen molar-refractivity contribution in [2.75, 3.05) is 6.61 Å². The summed E-state index contributed by atoms with van der Waals surface area (Å²) >= 11 is 0. The zero-order valence-corrected chi connectivity index (χ0v) is 17.8. The second kappa shape index (κ2) is 8.33. The average Bonchev–Trinajstić information content (AvgIpc) is 2.64. The van der Waals surface area contributed by atoms with Gasteiger partial charge in [-0.25, -0.2) is 4.79 Å². The van der Waals surface area contributed by atoms with Crippen LogP contribution in [0.15, 0.2) is 51.2 Å². The van der Waals surface area contributed by atoms with E-state index in [9.17, 15) is 15.0 Å². The molecule has 0 aliphatic heterocycles. The van der Waals surface area contributed by atoms with Crippen LogP contribution in [0.3, 0.4) is 0 Å². The molecule has 2 N–H and O–H groups in total. The van der Waals surface area contributed by atoms with E-state index >= 15 is 0 Å². The molecule has 1 heterocycles. The number of ether oxygens (including phenoxy) is 1. The molecule has 3 atom stereocenters. The third kappa shape index (κ3) is 4.90. The molecular weight excluding hydrogens is 368 g/mol. The number of rotatable bonds is 6. The highest BCUT2D eigenvalue weighted by atomic mass is 16.5. The molecule has 0 unspecified atom stereocenters. The van der Waals surface area contributed by atoms with Crippen LogP contribution in [0.4, 0.5) is 0 Å². The Morgan fingerprint density at radius 1 is 1.28 bits per heavy atom. The van der Waals surface area contributed by atoms with Gasteiger partial charge in [0, 0.05) is 17.5 Å². The minimum absolute atomic E-state index is 0.0337. The normalized spacial score (nSPS) is 27.2. The summed E-state index contributed by atoms with van der Waals surface area (Å²) in [4.78, 5) is 11.4. The van der Waals surface area contributed by atoms with E-state index in [1.54, 1.807) is 12.1 Å². The molecule has 1 aliphatic carbocycles. The van der Waals surface area contributed by atoms with Crippen molar-refractivity contribution in [3.05, 3.63) is 52.4 Å². The van der Waals surface area contributed by atoms with Crippen LogP contribution in [0.1, 0.15) is 53.4 Å². The molecule has 1 aromatic carbocycles. The Morgan fingerprint density at radius 3 is 2.76 bits per heavy atom. The fourth-order valence-electron chi connectivity index (χ4n) is 4.58. The molecule has 5 heteroatoms. The van der Waals surface area contributed by atoms with Crippen molar-refractivity contribution in [2.24, 2.45) is 11.3 Å². The number of fused-ring (bicyclic) bond motifs is 1. The first-order valence-corrected chi connectivity index (χ1v) is 10.3. The summed E-state index contributed by atoms with van der Waals surface area (Å²) in [6.45, 7) is 8.48. The largest absolute Gasteiger partial charge is 0.489 e. The molecule has 0 bridgehead atoms. The number of benzene rings is 1. The average molecular weight is 401 g/mol. The minimum atomic E-state index is -0.755. The van der Waals surface area contributed by atoms with Crippen LogP contribution in [0.2, 0.25) is 0 Å². The molecule has 1 fully saturated rings. The van der Waals surface area contributed by atoms with Crippen molar-refractivity contribution in [3.63, 3.8) is 0 Å². The molecule has 0 saturated heterocycles. The van der Waals surface area contributed by atoms with Gasteiger partial charge in [0.1, 0.15) is 17.9 Å². The minimum Gasteiger partial charge on any atom is -0.489 e. The number of aliphatic hydroxyl groups excluding tert-OH is 1. The van der Waals surface area contributed by atoms with E-state index in [-0.39, 0.29) is 23.1 Å². The maximum absolute atomic E-state index is 11.4. The summed E-state index contributed by atoms with van der Waals surface area (Å²) in [5.41, 5.74) is 0.249. The Bertz CT molecular complexity index is 938. The van der Waals surface area contributed by atoms with E-state index < -0.39 is 5.60 Å². The van der Waals surface area contributed by atoms with Crippen LogP contribution in [-0.2, 0) is 0 Å². The molecule has 5 nitrogen and oxygen atoms in total. The van der Waals surface area contributed by atoms with E-state index in [4.69, 9.17) is 9.15 Å². The Morgan fingerprint density at radius 2 is 2.00 bits per heavy atom. The third-order valence-corrected chi connectivity index (χ3v) is 6.54. The summed E-state index contributed by atoms with van der Waals surface area (Å²) in [6.07, 6.45) is 4.59. The van der Waals surface area contributed by atoms with Crippen LogP contribution < -0.4 is 10.4 Å². The van der Waals surface area contributed by atoms with Crippen LogP contribution in [0, 0.1) is 11.3 Å². The van der Waals surface area contributed by atoms with E-state index in [1.165, 1.54) is 11.6 Å². The van der Waals surface area contributed by atoms with Gasteiger partial charge >= 0.3 is 5.63 Å². The Labute approximate surface area is 172 Å². The van der Waals surface area contributed by atoms with E-state index in [0.29, 0.717) is 30.8 Å². The lowest BCUT2D eigenvalue weighted by Crippen LogP contribution is -2.53. The summed E-state index contributed by atoms with van der Waals surface area (Å²) in [5, 5.41) is 22.1. The maximum Gasteiger partial charge on any atom is 0.336 e. The molecule has 3 rings (SSSR count). The Kier molecular flexibility index (Phi) is 6.20. The van der Waals surface area contributed by atoms with Gasteiger partial charge in [-0.3, -0.25) is 0 Å².